The van der Waals surface area contributed by atoms with Crippen LogP contribution in [0.2, 0.25) is 0 Å². The lowest BCUT2D eigenvalue weighted by Gasteiger charge is -2.07. The number of halogens is 3. The Morgan fingerprint density at radius 1 is 1.36 bits per heavy atom. The number of rotatable bonds is 5. The molecule has 0 fully saturated rings. The maximum absolute atomic E-state index is 12.7. The van der Waals surface area contributed by atoms with Crippen LogP contribution in [0.15, 0.2) is 29.6 Å². The third-order valence-corrected chi connectivity index (χ3v) is 3.69. The molecule has 2 rings (SSSR count). The van der Waals surface area contributed by atoms with Gasteiger partial charge in [-0.3, -0.25) is 4.79 Å². The van der Waals surface area contributed by atoms with E-state index in [1.54, 1.807) is 0 Å². The van der Waals surface area contributed by atoms with Crippen LogP contribution in [0.4, 0.5) is 13.2 Å². The summed E-state index contributed by atoms with van der Waals surface area (Å²) in [5.41, 5.74) is -0.293. The summed E-state index contributed by atoms with van der Waals surface area (Å²) >= 11 is 1.10. The van der Waals surface area contributed by atoms with Gasteiger partial charge in [-0.25, -0.2) is 4.98 Å². The van der Waals surface area contributed by atoms with Crippen molar-refractivity contribution in [1.82, 2.24) is 10.3 Å². The number of aromatic nitrogens is 1. The number of nitrogens with zero attached hydrogens (tertiary/aromatic N) is 1. The molecule has 1 heterocycles. The lowest BCUT2D eigenvalue weighted by atomic mass is 10.1. The molecule has 2 aromatic rings. The highest BCUT2D eigenvalue weighted by Gasteiger charge is 2.30. The van der Waals surface area contributed by atoms with E-state index in [4.69, 9.17) is 5.11 Å². The van der Waals surface area contributed by atoms with Gasteiger partial charge in [0.05, 0.1) is 5.56 Å². The van der Waals surface area contributed by atoms with Crippen LogP contribution in [-0.4, -0.2) is 29.1 Å². The van der Waals surface area contributed by atoms with Gasteiger partial charge in [0, 0.05) is 24.1 Å². The number of hydrogen-bond donors (Lipinski definition) is 2. The van der Waals surface area contributed by atoms with Crippen LogP contribution in [0.3, 0.4) is 0 Å². The van der Waals surface area contributed by atoms with Gasteiger partial charge in [-0.1, -0.05) is 12.1 Å². The predicted molar refractivity (Wildman–Crippen MR) is 76.6 cm³/mol. The quantitative estimate of drug-likeness (QED) is 0.829. The lowest BCUT2D eigenvalue weighted by Crippen LogP contribution is -2.25. The highest BCUT2D eigenvalue weighted by atomic mass is 32.1. The van der Waals surface area contributed by atoms with E-state index in [0.717, 1.165) is 23.5 Å². The molecule has 0 spiro atoms. The molecule has 0 radical (unpaired) electrons. The summed E-state index contributed by atoms with van der Waals surface area (Å²) in [6, 6.07) is 4.81. The first-order valence-corrected chi connectivity index (χ1v) is 7.32. The smallest absolute Gasteiger partial charge is 0.396 e. The molecule has 22 heavy (non-hydrogen) atoms. The third-order valence-electron chi connectivity index (χ3n) is 2.79. The molecule has 118 valence electrons. The van der Waals surface area contributed by atoms with Crippen LogP contribution in [0, 0.1) is 0 Å². The fourth-order valence-electron chi connectivity index (χ4n) is 1.71. The van der Waals surface area contributed by atoms with Gasteiger partial charge >= 0.3 is 6.18 Å². The normalized spacial score (nSPS) is 11.5. The van der Waals surface area contributed by atoms with Gasteiger partial charge in [0.15, 0.2) is 0 Å². The number of aliphatic hydroxyl groups excluding tert-OH is 1. The fraction of sp³-hybridized carbons (Fsp3) is 0.286. The zero-order valence-electron chi connectivity index (χ0n) is 11.4. The Hall–Kier alpha value is -1.93. The maximum atomic E-state index is 12.7. The second kappa shape index (κ2) is 6.89. The van der Waals surface area contributed by atoms with Gasteiger partial charge < -0.3 is 10.4 Å². The van der Waals surface area contributed by atoms with E-state index in [1.165, 1.54) is 17.5 Å². The van der Waals surface area contributed by atoms with Crippen LogP contribution in [0.25, 0.3) is 10.6 Å². The summed E-state index contributed by atoms with van der Waals surface area (Å²) in [5.74, 6) is -0.414. The number of amides is 1. The highest BCUT2D eigenvalue weighted by Crippen LogP contribution is 2.33. The molecule has 2 N–H and O–H groups in total. The summed E-state index contributed by atoms with van der Waals surface area (Å²) in [7, 11) is 0. The van der Waals surface area contributed by atoms with Crippen molar-refractivity contribution in [3.05, 3.63) is 40.9 Å². The molecule has 0 aliphatic heterocycles. The highest BCUT2D eigenvalue weighted by molar-refractivity contribution is 7.13. The zero-order chi connectivity index (χ0) is 16.2. The van der Waals surface area contributed by atoms with Crippen molar-refractivity contribution in [2.45, 2.75) is 12.6 Å². The van der Waals surface area contributed by atoms with Crippen molar-refractivity contribution in [2.24, 2.45) is 0 Å². The van der Waals surface area contributed by atoms with E-state index in [1.807, 2.05) is 0 Å². The number of carbonyl (C=O) groups is 1. The Morgan fingerprint density at radius 2 is 2.14 bits per heavy atom. The summed E-state index contributed by atoms with van der Waals surface area (Å²) in [6.45, 7) is 0.276. The largest absolute Gasteiger partial charge is 0.416 e. The first-order chi connectivity index (χ1) is 10.4. The molecule has 0 bridgehead atoms. The van der Waals surface area contributed by atoms with Crippen LogP contribution in [-0.2, 0) is 6.18 Å². The summed E-state index contributed by atoms with van der Waals surface area (Å²) in [4.78, 5) is 15.8. The standard InChI is InChI=1S/C14H13F3N2O2S/c15-14(16,17)10-4-1-3-9(7-10)13-19-11(8-22-13)12(21)18-5-2-6-20/h1,3-4,7-8,20H,2,5-6H2,(H,18,21). The Bertz CT molecular complexity index is 656. The minimum atomic E-state index is -4.42. The average Bonchev–Trinajstić information content (AvgIpc) is 2.96. The Balaban J connectivity index is 2.16. The van der Waals surface area contributed by atoms with Crippen molar-refractivity contribution in [2.75, 3.05) is 13.2 Å². The maximum Gasteiger partial charge on any atom is 0.416 e. The van der Waals surface area contributed by atoms with Crippen LogP contribution in [0.5, 0.6) is 0 Å². The Kier molecular flexibility index (Phi) is 5.15. The lowest BCUT2D eigenvalue weighted by molar-refractivity contribution is -0.137. The monoisotopic (exact) mass is 330 g/mol. The molecule has 1 aromatic heterocycles. The van der Waals surface area contributed by atoms with E-state index in [-0.39, 0.29) is 12.3 Å². The molecule has 0 saturated carbocycles. The van der Waals surface area contributed by atoms with Crippen molar-refractivity contribution >= 4 is 17.2 Å². The second-order valence-electron chi connectivity index (χ2n) is 4.45. The van der Waals surface area contributed by atoms with Gasteiger partial charge in [-0.15, -0.1) is 11.3 Å². The summed E-state index contributed by atoms with van der Waals surface area (Å²) in [5, 5.41) is 13.0. The van der Waals surface area contributed by atoms with Crippen molar-refractivity contribution in [3.8, 4) is 10.6 Å². The van der Waals surface area contributed by atoms with Crippen molar-refractivity contribution < 1.29 is 23.1 Å². The van der Waals surface area contributed by atoms with Gasteiger partial charge in [-0.05, 0) is 18.6 Å². The number of nitrogens with one attached hydrogen (secondary N) is 1. The number of alkyl halides is 3. The number of aliphatic hydroxyl groups is 1. The summed E-state index contributed by atoms with van der Waals surface area (Å²) in [6.07, 6.45) is -3.99. The number of benzene rings is 1. The number of carbonyl (C=O) groups excluding carboxylic acids is 1. The minimum Gasteiger partial charge on any atom is -0.396 e. The van der Waals surface area contributed by atoms with E-state index >= 15 is 0 Å². The topological polar surface area (TPSA) is 62.2 Å². The van der Waals surface area contributed by atoms with E-state index in [0.29, 0.717) is 23.5 Å². The van der Waals surface area contributed by atoms with Crippen molar-refractivity contribution in [3.63, 3.8) is 0 Å². The Labute approximate surface area is 128 Å². The fourth-order valence-corrected chi connectivity index (χ4v) is 2.51. The molecule has 0 atom stereocenters. The van der Waals surface area contributed by atoms with Crippen LogP contribution < -0.4 is 5.32 Å². The third kappa shape index (κ3) is 4.05. The SMILES string of the molecule is O=C(NCCCO)c1csc(-c2cccc(C(F)(F)F)c2)n1. The Morgan fingerprint density at radius 3 is 2.82 bits per heavy atom. The molecule has 8 heteroatoms. The first-order valence-electron chi connectivity index (χ1n) is 6.44. The number of hydrogen-bond acceptors (Lipinski definition) is 4. The number of thiazole rings is 1. The van der Waals surface area contributed by atoms with Crippen LogP contribution in [0.1, 0.15) is 22.5 Å². The van der Waals surface area contributed by atoms with Crippen LogP contribution >= 0.6 is 11.3 Å². The average molecular weight is 330 g/mol. The van der Waals surface area contributed by atoms with E-state index in [9.17, 15) is 18.0 Å². The van der Waals surface area contributed by atoms with Gasteiger partial charge in [-0.2, -0.15) is 13.2 Å². The second-order valence-corrected chi connectivity index (χ2v) is 5.31. The molecule has 0 aliphatic rings. The molecule has 1 aromatic carbocycles. The van der Waals surface area contributed by atoms with Crippen molar-refractivity contribution in [1.29, 1.82) is 0 Å². The first kappa shape index (κ1) is 16.4. The minimum absolute atomic E-state index is 0.0349. The molecule has 1 amide bonds. The predicted octanol–water partition coefficient (Wildman–Crippen LogP) is 2.94. The van der Waals surface area contributed by atoms with E-state index < -0.39 is 17.6 Å². The van der Waals surface area contributed by atoms with E-state index in [2.05, 4.69) is 10.3 Å². The molecule has 0 unspecified atom stereocenters. The molecule has 4 nitrogen and oxygen atoms in total. The molecular formula is C14H13F3N2O2S. The summed E-state index contributed by atoms with van der Waals surface area (Å²) < 4.78 is 38.1. The molecular weight excluding hydrogens is 317 g/mol. The van der Waals surface area contributed by atoms with Gasteiger partial charge in [0.1, 0.15) is 10.7 Å². The molecule has 0 saturated heterocycles. The van der Waals surface area contributed by atoms with Gasteiger partial charge in [0.2, 0.25) is 0 Å². The van der Waals surface area contributed by atoms with Gasteiger partial charge in [0.25, 0.3) is 5.91 Å². The zero-order valence-corrected chi connectivity index (χ0v) is 12.2. The molecule has 0 aliphatic carbocycles.